The second kappa shape index (κ2) is 8.52. The predicted octanol–water partition coefficient (Wildman–Crippen LogP) is 3.95. The highest BCUT2D eigenvalue weighted by Gasteiger charge is 2.33. The summed E-state index contributed by atoms with van der Waals surface area (Å²) in [7, 11) is 0. The van der Waals surface area contributed by atoms with Gasteiger partial charge in [0.15, 0.2) is 0 Å². The summed E-state index contributed by atoms with van der Waals surface area (Å²) in [5.74, 6) is 0.728. The summed E-state index contributed by atoms with van der Waals surface area (Å²) in [6.45, 7) is 4.62. The van der Waals surface area contributed by atoms with Crippen LogP contribution in [0.1, 0.15) is 52.0 Å². The smallest absolute Gasteiger partial charge is 0.254 e. The first-order chi connectivity index (χ1) is 14.1. The number of amides is 2. The molecule has 150 valence electrons. The Bertz CT molecular complexity index is 881. The van der Waals surface area contributed by atoms with Crippen LogP contribution in [0.4, 0.5) is 0 Å². The zero-order valence-electron chi connectivity index (χ0n) is 16.5. The number of nitrogens with one attached hydrogen (secondary N) is 1. The maximum Gasteiger partial charge on any atom is 0.254 e. The van der Waals surface area contributed by atoms with Crippen molar-refractivity contribution >= 4 is 11.8 Å². The van der Waals surface area contributed by atoms with Crippen LogP contribution in [0.25, 0.3) is 0 Å². The van der Waals surface area contributed by atoms with E-state index < -0.39 is 0 Å². The summed E-state index contributed by atoms with van der Waals surface area (Å²) in [4.78, 5) is 27.1. The molecule has 0 saturated heterocycles. The summed E-state index contributed by atoms with van der Waals surface area (Å²) in [6, 6.07) is 15.4. The third-order valence-electron chi connectivity index (χ3n) is 5.20. The second-order valence-electron chi connectivity index (χ2n) is 7.73. The lowest BCUT2D eigenvalue weighted by molar-refractivity contribution is 0.0729. The number of carbonyl (C=O) groups is 2. The van der Waals surface area contributed by atoms with Gasteiger partial charge in [-0.05, 0) is 67.6 Å². The molecule has 2 aromatic carbocycles. The summed E-state index contributed by atoms with van der Waals surface area (Å²) < 4.78 is 5.49. The Morgan fingerprint density at radius 2 is 1.66 bits per heavy atom. The molecule has 0 aromatic heterocycles. The third-order valence-corrected chi connectivity index (χ3v) is 5.20. The normalized spacial score (nSPS) is 15.4. The molecule has 5 heteroatoms. The molecule has 0 spiro atoms. The summed E-state index contributed by atoms with van der Waals surface area (Å²) in [5, 5.41) is 3.00. The Labute approximate surface area is 171 Å². The SMILES string of the molecule is C=CCOc1ccc(C(=O)N(Cc2ccc(C(=O)NC3CC3)cc2)C2CC2)cc1. The van der Waals surface area contributed by atoms with Crippen LogP contribution in [-0.4, -0.2) is 35.4 Å². The van der Waals surface area contributed by atoms with Crippen LogP contribution < -0.4 is 10.1 Å². The van der Waals surface area contributed by atoms with Gasteiger partial charge in [-0.3, -0.25) is 9.59 Å². The zero-order chi connectivity index (χ0) is 20.2. The minimum Gasteiger partial charge on any atom is -0.490 e. The van der Waals surface area contributed by atoms with Gasteiger partial charge >= 0.3 is 0 Å². The standard InChI is InChI=1S/C24H26N2O3/c1-2-15-29-22-13-7-19(8-14-22)24(28)26(21-11-12-21)16-17-3-5-18(6-4-17)23(27)25-20-9-10-20/h2-8,13-14,20-21H,1,9-12,15-16H2,(H,25,27). The van der Waals surface area contributed by atoms with Gasteiger partial charge in [0.1, 0.15) is 12.4 Å². The molecule has 2 aliphatic rings. The van der Waals surface area contributed by atoms with E-state index in [1.165, 1.54) is 0 Å². The molecule has 4 rings (SSSR count). The molecule has 29 heavy (non-hydrogen) atoms. The van der Waals surface area contributed by atoms with E-state index in [1.54, 1.807) is 18.2 Å². The number of ether oxygens (including phenoxy) is 1. The fraction of sp³-hybridized carbons (Fsp3) is 0.333. The van der Waals surface area contributed by atoms with Crippen molar-refractivity contribution in [1.29, 1.82) is 0 Å². The number of benzene rings is 2. The second-order valence-corrected chi connectivity index (χ2v) is 7.73. The Morgan fingerprint density at radius 1 is 1.00 bits per heavy atom. The minimum absolute atomic E-state index is 0.0204. The maximum atomic E-state index is 13.1. The number of nitrogens with zero attached hydrogens (tertiary/aromatic N) is 1. The van der Waals surface area contributed by atoms with Crippen molar-refractivity contribution in [2.45, 2.75) is 44.3 Å². The van der Waals surface area contributed by atoms with Crippen molar-refractivity contribution in [1.82, 2.24) is 10.2 Å². The fourth-order valence-corrected chi connectivity index (χ4v) is 3.22. The molecule has 2 aromatic rings. The van der Waals surface area contributed by atoms with Crippen LogP contribution in [0, 0.1) is 0 Å². The average molecular weight is 390 g/mol. The molecule has 1 N–H and O–H groups in total. The van der Waals surface area contributed by atoms with Gasteiger partial charge in [-0.1, -0.05) is 24.8 Å². The quantitative estimate of drug-likeness (QED) is 0.660. The van der Waals surface area contributed by atoms with Gasteiger partial charge in [-0.15, -0.1) is 0 Å². The van der Waals surface area contributed by atoms with Crippen LogP contribution in [0.2, 0.25) is 0 Å². The van der Waals surface area contributed by atoms with Crippen LogP contribution in [0.3, 0.4) is 0 Å². The molecule has 0 heterocycles. The van der Waals surface area contributed by atoms with E-state index in [-0.39, 0.29) is 17.9 Å². The first-order valence-corrected chi connectivity index (χ1v) is 10.2. The van der Waals surface area contributed by atoms with E-state index in [4.69, 9.17) is 4.74 Å². The zero-order valence-corrected chi connectivity index (χ0v) is 16.5. The average Bonchev–Trinajstić information content (AvgIpc) is 3.66. The predicted molar refractivity (Wildman–Crippen MR) is 112 cm³/mol. The molecule has 0 atom stereocenters. The van der Waals surface area contributed by atoms with E-state index in [2.05, 4.69) is 11.9 Å². The van der Waals surface area contributed by atoms with Gasteiger partial charge in [0.25, 0.3) is 11.8 Å². The molecular weight excluding hydrogens is 364 g/mol. The molecular formula is C24H26N2O3. The highest BCUT2D eigenvalue weighted by atomic mass is 16.5. The monoisotopic (exact) mass is 390 g/mol. The van der Waals surface area contributed by atoms with E-state index in [1.807, 2.05) is 41.3 Å². The van der Waals surface area contributed by atoms with Gasteiger partial charge in [0, 0.05) is 29.8 Å². The largest absolute Gasteiger partial charge is 0.490 e. The molecule has 2 aliphatic carbocycles. The first-order valence-electron chi connectivity index (χ1n) is 10.2. The molecule has 0 radical (unpaired) electrons. The van der Waals surface area contributed by atoms with Gasteiger partial charge in [0.2, 0.25) is 0 Å². The van der Waals surface area contributed by atoms with Crippen molar-refractivity contribution in [3.8, 4) is 5.75 Å². The van der Waals surface area contributed by atoms with Crippen LogP contribution >= 0.6 is 0 Å². The van der Waals surface area contributed by atoms with Crippen LogP contribution in [-0.2, 0) is 6.54 Å². The number of hydrogen-bond acceptors (Lipinski definition) is 3. The van der Waals surface area contributed by atoms with E-state index in [0.717, 1.165) is 37.0 Å². The number of rotatable bonds is 9. The topological polar surface area (TPSA) is 58.6 Å². The van der Waals surface area contributed by atoms with Crippen molar-refractivity contribution in [2.24, 2.45) is 0 Å². The number of hydrogen-bond donors (Lipinski definition) is 1. The van der Waals surface area contributed by atoms with Gasteiger partial charge < -0.3 is 15.0 Å². The van der Waals surface area contributed by atoms with Crippen molar-refractivity contribution in [3.63, 3.8) is 0 Å². The van der Waals surface area contributed by atoms with E-state index in [0.29, 0.717) is 30.3 Å². The van der Waals surface area contributed by atoms with Gasteiger partial charge in [0.05, 0.1) is 0 Å². The molecule has 5 nitrogen and oxygen atoms in total. The Morgan fingerprint density at radius 3 is 2.24 bits per heavy atom. The minimum atomic E-state index is -0.0204. The molecule has 0 aliphatic heterocycles. The Balaban J connectivity index is 1.41. The van der Waals surface area contributed by atoms with Crippen LogP contribution in [0.5, 0.6) is 5.75 Å². The van der Waals surface area contributed by atoms with E-state index in [9.17, 15) is 9.59 Å². The summed E-state index contributed by atoms with van der Waals surface area (Å²) in [6.07, 6.45) is 5.91. The molecule has 0 unspecified atom stereocenters. The van der Waals surface area contributed by atoms with Gasteiger partial charge in [-0.25, -0.2) is 0 Å². The highest BCUT2D eigenvalue weighted by Crippen LogP contribution is 2.30. The lowest BCUT2D eigenvalue weighted by Gasteiger charge is -2.23. The summed E-state index contributed by atoms with van der Waals surface area (Å²) >= 11 is 0. The molecule has 2 amide bonds. The fourth-order valence-electron chi connectivity index (χ4n) is 3.22. The van der Waals surface area contributed by atoms with Crippen molar-refractivity contribution in [2.75, 3.05) is 6.61 Å². The molecule has 2 fully saturated rings. The Hall–Kier alpha value is -3.08. The first kappa shape index (κ1) is 19.2. The third kappa shape index (κ3) is 5.05. The maximum absolute atomic E-state index is 13.1. The summed E-state index contributed by atoms with van der Waals surface area (Å²) in [5.41, 5.74) is 2.35. The molecule has 2 saturated carbocycles. The van der Waals surface area contributed by atoms with Crippen molar-refractivity contribution in [3.05, 3.63) is 77.9 Å². The highest BCUT2D eigenvalue weighted by molar-refractivity contribution is 5.95. The van der Waals surface area contributed by atoms with E-state index >= 15 is 0 Å². The van der Waals surface area contributed by atoms with Crippen LogP contribution in [0.15, 0.2) is 61.2 Å². The Kier molecular flexibility index (Phi) is 5.65. The number of carbonyl (C=O) groups excluding carboxylic acids is 2. The lowest BCUT2D eigenvalue weighted by Crippen LogP contribution is -2.32. The lowest BCUT2D eigenvalue weighted by atomic mass is 10.1. The van der Waals surface area contributed by atoms with Gasteiger partial charge in [-0.2, -0.15) is 0 Å². The molecule has 0 bridgehead atoms. The van der Waals surface area contributed by atoms with Crippen molar-refractivity contribution < 1.29 is 14.3 Å².